The van der Waals surface area contributed by atoms with Crippen LogP contribution >= 0.6 is 11.3 Å². The standard InChI is InChI=1S/C32H28F5N7O3S/c1-3-22(45)43-10-7-17(14-43)47-29-19-11-20(32(35,36)37)24(18-5-6-21(34)26-23(18)25(39-2)27(38)48-26)40-28(19)41-30(42-29)46-15-31-8-4-9-44(31)13-16(33)12-31/h3,5-6,11,16-17H,1,4,7-10,12-15,38H2/t16-,17-,31+/m1/s1. The fraction of sp³-hybridized carbons (Fsp3) is 0.406. The molecule has 7 rings (SSSR count). The molecule has 3 aromatic heterocycles. The number of aromatic nitrogens is 3. The minimum absolute atomic E-state index is 0.0397. The molecule has 10 nitrogen and oxygen atoms in total. The molecule has 6 heterocycles. The number of likely N-dealkylation sites (tertiary alicyclic amines) is 1. The van der Waals surface area contributed by atoms with Crippen LogP contribution in [-0.4, -0.2) is 81.3 Å². The van der Waals surface area contributed by atoms with Crippen molar-refractivity contribution in [2.24, 2.45) is 0 Å². The van der Waals surface area contributed by atoms with Crippen LogP contribution in [0.5, 0.6) is 11.9 Å². The Bertz CT molecular complexity index is 2010. The highest BCUT2D eigenvalue weighted by molar-refractivity contribution is 7.23. The zero-order valence-corrected chi connectivity index (χ0v) is 26.1. The summed E-state index contributed by atoms with van der Waals surface area (Å²) in [6.07, 6.45) is -3.22. The van der Waals surface area contributed by atoms with E-state index in [2.05, 4.69) is 26.4 Å². The topological polar surface area (TPSA) is 111 Å². The third kappa shape index (κ3) is 5.44. The van der Waals surface area contributed by atoms with Gasteiger partial charge in [-0.1, -0.05) is 12.6 Å². The van der Waals surface area contributed by atoms with E-state index in [0.717, 1.165) is 42.5 Å². The molecule has 0 spiro atoms. The predicted molar refractivity (Wildman–Crippen MR) is 168 cm³/mol. The predicted octanol–water partition coefficient (Wildman–Crippen LogP) is 6.32. The molecule has 3 atom stereocenters. The second-order valence-corrected chi connectivity index (χ2v) is 13.2. The number of hydrogen-bond donors (Lipinski definition) is 1. The number of pyridine rings is 1. The monoisotopic (exact) mass is 685 g/mol. The number of alkyl halides is 4. The molecule has 0 radical (unpaired) electrons. The van der Waals surface area contributed by atoms with Gasteiger partial charge in [-0.05, 0) is 43.2 Å². The molecular formula is C32H28F5N7O3S. The van der Waals surface area contributed by atoms with E-state index < -0.39 is 41.1 Å². The van der Waals surface area contributed by atoms with Gasteiger partial charge >= 0.3 is 12.2 Å². The number of benzene rings is 1. The Labute approximate surface area is 274 Å². The fourth-order valence-electron chi connectivity index (χ4n) is 7.03. The molecule has 16 heteroatoms. The van der Waals surface area contributed by atoms with Crippen LogP contribution < -0.4 is 15.2 Å². The van der Waals surface area contributed by atoms with Crippen molar-refractivity contribution in [1.29, 1.82) is 0 Å². The van der Waals surface area contributed by atoms with Crippen molar-refractivity contribution in [3.05, 3.63) is 53.7 Å². The van der Waals surface area contributed by atoms with Crippen LogP contribution in [0, 0.1) is 12.4 Å². The Morgan fingerprint density at radius 3 is 2.81 bits per heavy atom. The minimum atomic E-state index is -4.96. The molecule has 3 aliphatic heterocycles. The molecule has 0 aliphatic carbocycles. The number of rotatable bonds is 7. The van der Waals surface area contributed by atoms with Crippen LogP contribution in [0.2, 0.25) is 0 Å². The Balaban J connectivity index is 1.37. The van der Waals surface area contributed by atoms with Gasteiger partial charge in [0.1, 0.15) is 24.7 Å². The third-order valence-corrected chi connectivity index (χ3v) is 10.3. The maximum Gasteiger partial charge on any atom is 0.418 e. The summed E-state index contributed by atoms with van der Waals surface area (Å²) in [5, 5.41) is -0.309. The second-order valence-electron chi connectivity index (χ2n) is 12.2. The maximum atomic E-state index is 14.8. The Hall–Kier alpha value is -4.62. The molecule has 250 valence electrons. The van der Waals surface area contributed by atoms with Crippen LogP contribution in [0.15, 0.2) is 30.9 Å². The van der Waals surface area contributed by atoms with E-state index in [9.17, 15) is 26.7 Å². The molecule has 3 aliphatic rings. The normalized spacial score (nSPS) is 22.7. The van der Waals surface area contributed by atoms with Crippen LogP contribution in [0.3, 0.4) is 0 Å². The Morgan fingerprint density at radius 2 is 2.06 bits per heavy atom. The van der Waals surface area contributed by atoms with E-state index in [4.69, 9.17) is 21.8 Å². The lowest BCUT2D eigenvalue weighted by atomic mass is 9.95. The van der Waals surface area contributed by atoms with Gasteiger partial charge in [-0.3, -0.25) is 9.69 Å². The summed E-state index contributed by atoms with van der Waals surface area (Å²) in [6, 6.07) is 2.70. The molecule has 0 bridgehead atoms. The number of carbonyl (C=O) groups excluding carboxylic acids is 1. The van der Waals surface area contributed by atoms with Crippen LogP contribution in [0.1, 0.15) is 31.2 Å². The summed E-state index contributed by atoms with van der Waals surface area (Å²) in [5.41, 5.74) is 3.06. The van der Waals surface area contributed by atoms with E-state index in [1.807, 2.05) is 4.90 Å². The van der Waals surface area contributed by atoms with E-state index >= 15 is 0 Å². The van der Waals surface area contributed by atoms with Crippen molar-refractivity contribution in [1.82, 2.24) is 24.8 Å². The van der Waals surface area contributed by atoms with Crippen molar-refractivity contribution in [3.8, 4) is 23.1 Å². The number of fused-ring (bicyclic) bond motifs is 3. The highest BCUT2D eigenvalue weighted by atomic mass is 32.1. The van der Waals surface area contributed by atoms with Gasteiger partial charge in [0.25, 0.3) is 0 Å². The first-order valence-electron chi connectivity index (χ1n) is 15.2. The number of nitrogens with two attached hydrogens (primary N) is 1. The number of nitrogens with zero attached hydrogens (tertiary/aromatic N) is 6. The largest absolute Gasteiger partial charge is 0.472 e. The lowest BCUT2D eigenvalue weighted by Gasteiger charge is -2.30. The number of amides is 1. The van der Waals surface area contributed by atoms with Crippen LogP contribution in [0.25, 0.3) is 37.2 Å². The van der Waals surface area contributed by atoms with Crippen molar-refractivity contribution in [3.63, 3.8) is 0 Å². The summed E-state index contributed by atoms with van der Waals surface area (Å²) in [6.45, 7) is 12.6. The first-order valence-corrected chi connectivity index (χ1v) is 16.0. The molecule has 1 aromatic carbocycles. The molecular weight excluding hydrogens is 657 g/mol. The fourth-order valence-corrected chi connectivity index (χ4v) is 7.96. The third-order valence-electron chi connectivity index (χ3n) is 9.24. The number of halogens is 5. The average molecular weight is 686 g/mol. The van der Waals surface area contributed by atoms with Crippen molar-refractivity contribution in [2.75, 3.05) is 38.5 Å². The van der Waals surface area contributed by atoms with Gasteiger partial charge in [0.2, 0.25) is 17.5 Å². The minimum Gasteiger partial charge on any atom is -0.472 e. The number of nitrogen functional groups attached to an aromatic ring is 1. The lowest BCUT2D eigenvalue weighted by Crippen LogP contribution is -2.43. The van der Waals surface area contributed by atoms with Crippen molar-refractivity contribution in [2.45, 2.75) is 49.7 Å². The SMILES string of the molecule is [C-]#[N+]c1c(N)sc2c(F)ccc(-c3nc4nc(OC[C@@]56CCCN5C[C@H](F)C6)nc(O[C@@H]5CCN(C(=O)C=C)C5)c4cc3C(F)(F)F)c12. The molecule has 0 unspecified atom stereocenters. The summed E-state index contributed by atoms with van der Waals surface area (Å²) in [7, 11) is 0. The van der Waals surface area contributed by atoms with E-state index in [1.54, 1.807) is 0 Å². The van der Waals surface area contributed by atoms with Gasteiger partial charge in [-0.2, -0.15) is 23.1 Å². The highest BCUT2D eigenvalue weighted by Gasteiger charge is 2.49. The van der Waals surface area contributed by atoms with E-state index in [-0.39, 0.29) is 81.3 Å². The van der Waals surface area contributed by atoms with Gasteiger partial charge in [-0.25, -0.2) is 18.6 Å². The van der Waals surface area contributed by atoms with Gasteiger partial charge in [0.15, 0.2) is 5.65 Å². The van der Waals surface area contributed by atoms with Crippen molar-refractivity contribution < 1.29 is 36.2 Å². The number of carbonyl (C=O) groups is 1. The summed E-state index contributed by atoms with van der Waals surface area (Å²) < 4.78 is 85.7. The van der Waals surface area contributed by atoms with Gasteiger partial charge in [0, 0.05) is 31.3 Å². The smallest absolute Gasteiger partial charge is 0.418 e. The zero-order chi connectivity index (χ0) is 34.0. The number of thiophene rings is 1. The van der Waals surface area contributed by atoms with Gasteiger partial charge < -0.3 is 20.1 Å². The summed E-state index contributed by atoms with van der Waals surface area (Å²) >= 11 is 0.757. The van der Waals surface area contributed by atoms with Crippen LogP contribution in [0.4, 0.5) is 32.6 Å². The molecule has 0 saturated carbocycles. The molecule has 4 aromatic rings. The summed E-state index contributed by atoms with van der Waals surface area (Å²) in [4.78, 5) is 32.2. The second kappa shape index (κ2) is 11.8. The highest BCUT2D eigenvalue weighted by Crippen LogP contribution is 2.49. The van der Waals surface area contributed by atoms with Crippen LogP contribution in [-0.2, 0) is 11.0 Å². The van der Waals surface area contributed by atoms with E-state index in [0.29, 0.717) is 19.4 Å². The first kappa shape index (κ1) is 32.0. The molecule has 1 amide bonds. The van der Waals surface area contributed by atoms with E-state index in [1.165, 1.54) is 11.0 Å². The Kier molecular flexibility index (Phi) is 7.86. The number of hydrogen-bond acceptors (Lipinski definition) is 9. The number of anilines is 1. The number of ether oxygens (including phenoxy) is 2. The van der Waals surface area contributed by atoms with Gasteiger partial charge in [-0.15, -0.1) is 11.3 Å². The van der Waals surface area contributed by atoms with Crippen molar-refractivity contribution >= 4 is 49.1 Å². The first-order chi connectivity index (χ1) is 22.9. The molecule has 48 heavy (non-hydrogen) atoms. The lowest BCUT2D eigenvalue weighted by molar-refractivity contribution is -0.137. The quantitative estimate of drug-likeness (QED) is 0.137. The molecule has 3 fully saturated rings. The maximum absolute atomic E-state index is 14.8. The summed E-state index contributed by atoms with van der Waals surface area (Å²) in [5.74, 6) is -1.30. The Morgan fingerprint density at radius 1 is 1.25 bits per heavy atom. The molecule has 3 saturated heterocycles. The average Bonchev–Trinajstić information content (AvgIpc) is 3.81. The zero-order valence-electron chi connectivity index (χ0n) is 25.3. The molecule has 2 N–H and O–H groups in total. The van der Waals surface area contributed by atoms with Gasteiger partial charge in [0.05, 0.1) is 45.0 Å².